The summed E-state index contributed by atoms with van der Waals surface area (Å²) in [6.45, 7) is 5.25. The zero-order valence-corrected chi connectivity index (χ0v) is 14.3. The molecule has 3 rings (SSSR count). The number of hydrogen-bond acceptors (Lipinski definition) is 2. The van der Waals surface area contributed by atoms with E-state index in [1.165, 1.54) is 31.5 Å². The van der Waals surface area contributed by atoms with Crippen LogP contribution in [0.25, 0.3) is 0 Å². The van der Waals surface area contributed by atoms with E-state index in [-0.39, 0.29) is 0 Å². The van der Waals surface area contributed by atoms with Gasteiger partial charge in [-0.15, -0.1) is 0 Å². The monoisotopic (exact) mass is 330 g/mol. The van der Waals surface area contributed by atoms with Crippen molar-refractivity contribution in [3.8, 4) is 0 Å². The third-order valence-corrected chi connectivity index (χ3v) is 4.73. The fraction of sp³-hybridized carbons (Fsp3) is 0.389. The van der Waals surface area contributed by atoms with Crippen molar-refractivity contribution < 1.29 is 9.32 Å². The molecule has 0 saturated carbocycles. The SMILES string of the molecule is Cc1ccccc1NC(=S)NC[C@H](c1ccco1)[NH+]1CCCC1. The number of aryl methyl sites for hydroxylation is 1. The minimum absolute atomic E-state index is 0.309. The Hall–Kier alpha value is -1.85. The van der Waals surface area contributed by atoms with E-state index in [2.05, 4.69) is 29.7 Å². The summed E-state index contributed by atoms with van der Waals surface area (Å²) in [7, 11) is 0. The van der Waals surface area contributed by atoms with Crippen molar-refractivity contribution in [1.82, 2.24) is 5.32 Å². The predicted molar refractivity (Wildman–Crippen MR) is 96.8 cm³/mol. The van der Waals surface area contributed by atoms with Gasteiger partial charge in [-0.25, -0.2) is 0 Å². The van der Waals surface area contributed by atoms with Crippen LogP contribution in [0.2, 0.25) is 0 Å². The topological polar surface area (TPSA) is 41.6 Å². The molecule has 0 radical (unpaired) electrons. The van der Waals surface area contributed by atoms with Gasteiger partial charge in [0, 0.05) is 18.5 Å². The molecule has 1 atom stereocenters. The highest BCUT2D eigenvalue weighted by Crippen LogP contribution is 2.14. The second-order valence-corrected chi connectivity index (χ2v) is 6.49. The van der Waals surface area contributed by atoms with Crippen LogP contribution < -0.4 is 15.5 Å². The third-order valence-electron chi connectivity index (χ3n) is 4.49. The van der Waals surface area contributed by atoms with Crippen molar-refractivity contribution >= 4 is 23.0 Å². The Morgan fingerprint density at radius 1 is 1.22 bits per heavy atom. The molecule has 1 saturated heterocycles. The third kappa shape index (κ3) is 4.12. The average molecular weight is 330 g/mol. The van der Waals surface area contributed by atoms with Gasteiger partial charge >= 0.3 is 0 Å². The molecule has 2 heterocycles. The van der Waals surface area contributed by atoms with E-state index < -0.39 is 0 Å². The van der Waals surface area contributed by atoms with Gasteiger partial charge in [0.15, 0.2) is 16.9 Å². The number of nitrogens with one attached hydrogen (secondary N) is 3. The van der Waals surface area contributed by atoms with Crippen LogP contribution in [0.15, 0.2) is 47.1 Å². The van der Waals surface area contributed by atoms with E-state index in [1.54, 1.807) is 11.2 Å². The number of rotatable bonds is 5. The van der Waals surface area contributed by atoms with Crippen LogP contribution in [-0.2, 0) is 0 Å². The molecular weight excluding hydrogens is 306 g/mol. The second-order valence-electron chi connectivity index (χ2n) is 6.08. The average Bonchev–Trinajstić information content (AvgIpc) is 3.23. The first kappa shape index (κ1) is 16.0. The van der Waals surface area contributed by atoms with Crippen molar-refractivity contribution in [1.29, 1.82) is 0 Å². The molecule has 0 aliphatic carbocycles. The molecule has 0 bridgehead atoms. The molecule has 0 amide bonds. The highest BCUT2D eigenvalue weighted by Gasteiger charge is 2.29. The first-order valence-corrected chi connectivity index (χ1v) is 8.63. The Morgan fingerprint density at radius 3 is 2.70 bits per heavy atom. The summed E-state index contributed by atoms with van der Waals surface area (Å²) in [5, 5.41) is 7.31. The molecule has 1 aliphatic rings. The lowest BCUT2D eigenvalue weighted by Crippen LogP contribution is -3.11. The van der Waals surface area contributed by atoms with Gasteiger partial charge in [-0.05, 0) is 42.9 Å². The number of hydrogen-bond donors (Lipinski definition) is 3. The lowest BCUT2D eigenvalue weighted by molar-refractivity contribution is -0.919. The lowest BCUT2D eigenvalue weighted by Gasteiger charge is -2.24. The van der Waals surface area contributed by atoms with Crippen LogP contribution in [0.1, 0.15) is 30.2 Å². The number of furan rings is 1. The highest BCUT2D eigenvalue weighted by molar-refractivity contribution is 7.80. The minimum Gasteiger partial charge on any atom is -0.463 e. The molecule has 5 heteroatoms. The van der Waals surface area contributed by atoms with E-state index >= 15 is 0 Å². The first-order chi connectivity index (χ1) is 11.2. The Bertz CT molecular complexity index is 635. The van der Waals surface area contributed by atoms with E-state index in [0.717, 1.165) is 18.0 Å². The number of quaternary nitrogens is 1. The summed E-state index contributed by atoms with van der Waals surface area (Å²) < 4.78 is 5.65. The summed E-state index contributed by atoms with van der Waals surface area (Å²) >= 11 is 5.46. The molecule has 0 unspecified atom stereocenters. The molecule has 1 aliphatic heterocycles. The largest absolute Gasteiger partial charge is 0.463 e. The van der Waals surface area contributed by atoms with Crippen molar-refractivity contribution in [3.63, 3.8) is 0 Å². The molecule has 122 valence electrons. The van der Waals surface area contributed by atoms with Gasteiger partial charge < -0.3 is 20.0 Å². The maximum atomic E-state index is 5.65. The Labute approximate surface area is 142 Å². The van der Waals surface area contributed by atoms with Crippen LogP contribution >= 0.6 is 12.2 Å². The molecular formula is C18H24N3OS+. The fourth-order valence-electron chi connectivity index (χ4n) is 3.19. The van der Waals surface area contributed by atoms with Gasteiger partial charge in [0.1, 0.15) is 0 Å². The zero-order chi connectivity index (χ0) is 16.1. The van der Waals surface area contributed by atoms with Crippen LogP contribution in [0.3, 0.4) is 0 Å². The second kappa shape index (κ2) is 7.62. The van der Waals surface area contributed by atoms with Crippen molar-refractivity contribution in [3.05, 3.63) is 54.0 Å². The van der Waals surface area contributed by atoms with Gasteiger partial charge in [0.25, 0.3) is 0 Å². The lowest BCUT2D eigenvalue weighted by atomic mass is 10.2. The van der Waals surface area contributed by atoms with E-state index in [9.17, 15) is 0 Å². The van der Waals surface area contributed by atoms with Crippen molar-refractivity contribution in [2.24, 2.45) is 0 Å². The number of para-hydroxylation sites is 1. The van der Waals surface area contributed by atoms with Gasteiger partial charge in [-0.2, -0.15) is 0 Å². The molecule has 1 aromatic heterocycles. The normalized spacial score (nSPS) is 16.2. The van der Waals surface area contributed by atoms with Crippen LogP contribution in [0, 0.1) is 6.92 Å². The van der Waals surface area contributed by atoms with Gasteiger partial charge in [-0.3, -0.25) is 0 Å². The van der Waals surface area contributed by atoms with Gasteiger partial charge in [0.05, 0.1) is 25.9 Å². The van der Waals surface area contributed by atoms with Gasteiger partial charge in [-0.1, -0.05) is 18.2 Å². The van der Waals surface area contributed by atoms with Crippen LogP contribution in [-0.4, -0.2) is 24.7 Å². The molecule has 0 spiro atoms. The summed E-state index contributed by atoms with van der Waals surface area (Å²) in [4.78, 5) is 1.58. The van der Waals surface area contributed by atoms with E-state index in [1.807, 2.05) is 24.3 Å². The predicted octanol–water partition coefficient (Wildman–Crippen LogP) is 2.29. The maximum Gasteiger partial charge on any atom is 0.171 e. The zero-order valence-electron chi connectivity index (χ0n) is 13.5. The number of likely N-dealkylation sites (tertiary alicyclic amines) is 1. The summed E-state index contributed by atoms with van der Waals surface area (Å²) in [6.07, 6.45) is 4.33. The first-order valence-electron chi connectivity index (χ1n) is 8.22. The molecule has 1 fully saturated rings. The minimum atomic E-state index is 0.309. The Balaban J connectivity index is 1.60. The van der Waals surface area contributed by atoms with Gasteiger partial charge in [0.2, 0.25) is 0 Å². The molecule has 23 heavy (non-hydrogen) atoms. The molecule has 3 N–H and O–H groups in total. The summed E-state index contributed by atoms with van der Waals surface area (Å²) in [6, 6.07) is 12.5. The number of benzene rings is 1. The number of anilines is 1. The summed E-state index contributed by atoms with van der Waals surface area (Å²) in [5.74, 6) is 1.04. The standard InChI is InChI=1S/C18H23N3OS/c1-14-7-2-3-8-15(14)20-18(23)19-13-16(17-9-6-12-22-17)21-10-4-5-11-21/h2-3,6-9,12,16H,4-5,10-11,13H2,1H3,(H2,19,20,23)/p+1/t16-/m1/s1. The summed E-state index contributed by atoms with van der Waals surface area (Å²) in [5.41, 5.74) is 2.23. The number of thiocarbonyl (C=S) groups is 1. The van der Waals surface area contributed by atoms with Crippen LogP contribution in [0.4, 0.5) is 5.69 Å². The van der Waals surface area contributed by atoms with E-state index in [0.29, 0.717) is 11.2 Å². The molecule has 4 nitrogen and oxygen atoms in total. The maximum absolute atomic E-state index is 5.65. The van der Waals surface area contributed by atoms with E-state index in [4.69, 9.17) is 16.6 Å². The Kier molecular flexibility index (Phi) is 5.31. The molecule has 1 aromatic carbocycles. The molecule has 2 aromatic rings. The van der Waals surface area contributed by atoms with Crippen molar-refractivity contribution in [2.75, 3.05) is 25.0 Å². The smallest absolute Gasteiger partial charge is 0.171 e. The fourth-order valence-corrected chi connectivity index (χ4v) is 3.38. The van der Waals surface area contributed by atoms with Crippen LogP contribution in [0.5, 0.6) is 0 Å². The van der Waals surface area contributed by atoms with Crippen molar-refractivity contribution in [2.45, 2.75) is 25.8 Å². The Morgan fingerprint density at radius 2 is 2.00 bits per heavy atom. The highest BCUT2D eigenvalue weighted by atomic mass is 32.1. The quantitative estimate of drug-likeness (QED) is 0.736.